The van der Waals surface area contributed by atoms with Gasteiger partial charge in [-0.1, -0.05) is 18.2 Å². The van der Waals surface area contributed by atoms with Crippen molar-refractivity contribution in [2.75, 3.05) is 7.05 Å². The van der Waals surface area contributed by atoms with Crippen molar-refractivity contribution in [3.05, 3.63) is 70.0 Å². The van der Waals surface area contributed by atoms with Crippen LogP contribution in [0.25, 0.3) is 0 Å². The first-order valence-corrected chi connectivity index (χ1v) is 6.74. The van der Waals surface area contributed by atoms with E-state index in [1.165, 1.54) is 12.1 Å². The third kappa shape index (κ3) is 3.83. The number of nitro benzene ring substituents is 1. The number of hydrazone groups is 1. The number of hydrogen-bond acceptors (Lipinski definition) is 5. The molecule has 0 spiro atoms. The van der Waals surface area contributed by atoms with Crippen LogP contribution in [0.5, 0.6) is 0 Å². The second-order valence-electron chi connectivity index (χ2n) is 4.17. The van der Waals surface area contributed by atoms with Gasteiger partial charge < -0.3 is 5.32 Å². The van der Waals surface area contributed by atoms with Crippen molar-refractivity contribution in [3.63, 3.8) is 0 Å². The van der Waals surface area contributed by atoms with E-state index in [9.17, 15) is 10.1 Å². The second kappa shape index (κ2) is 7.23. The van der Waals surface area contributed by atoms with Crippen LogP contribution in [0.2, 0.25) is 0 Å². The van der Waals surface area contributed by atoms with Gasteiger partial charge in [-0.25, -0.2) is 0 Å². The Balaban J connectivity index is 2.47. The average molecular weight is 315 g/mol. The predicted molar refractivity (Wildman–Crippen MR) is 87.8 cm³/mol. The van der Waals surface area contributed by atoms with Gasteiger partial charge in [-0.05, 0) is 24.4 Å². The van der Waals surface area contributed by atoms with Gasteiger partial charge in [0, 0.05) is 30.9 Å². The number of aromatic nitrogens is 1. The monoisotopic (exact) mass is 315 g/mol. The molecule has 1 aromatic heterocycles. The minimum Gasteiger partial charge on any atom is -0.364 e. The van der Waals surface area contributed by atoms with Crippen LogP contribution in [0.1, 0.15) is 11.3 Å². The highest BCUT2D eigenvalue weighted by Gasteiger charge is 2.13. The lowest BCUT2D eigenvalue weighted by atomic mass is 10.1. The summed E-state index contributed by atoms with van der Waals surface area (Å²) >= 11 is 4.98. The molecule has 2 N–H and O–H groups in total. The van der Waals surface area contributed by atoms with Crippen molar-refractivity contribution >= 4 is 28.7 Å². The molecule has 1 aromatic carbocycles. The van der Waals surface area contributed by atoms with Gasteiger partial charge in [0.25, 0.3) is 5.69 Å². The minimum atomic E-state index is -0.453. The fourth-order valence-electron chi connectivity index (χ4n) is 1.70. The molecule has 1 heterocycles. The van der Waals surface area contributed by atoms with Gasteiger partial charge in [0.2, 0.25) is 0 Å². The molecule has 7 nitrogen and oxygen atoms in total. The molecule has 0 saturated heterocycles. The summed E-state index contributed by atoms with van der Waals surface area (Å²) in [5.41, 5.74) is 4.27. The minimum absolute atomic E-state index is 0.0164. The lowest BCUT2D eigenvalue weighted by Crippen LogP contribution is -2.29. The molecule has 2 rings (SSSR count). The molecule has 22 heavy (non-hydrogen) atoms. The molecule has 0 amide bonds. The van der Waals surface area contributed by atoms with Crippen molar-refractivity contribution in [3.8, 4) is 0 Å². The van der Waals surface area contributed by atoms with Gasteiger partial charge in [0.15, 0.2) is 5.11 Å². The molecule has 0 unspecified atom stereocenters. The molecule has 0 saturated carbocycles. The third-order valence-corrected chi connectivity index (χ3v) is 3.03. The van der Waals surface area contributed by atoms with Crippen molar-refractivity contribution in [2.45, 2.75) is 0 Å². The molecule has 0 bridgehead atoms. The van der Waals surface area contributed by atoms with Crippen molar-refractivity contribution in [2.24, 2.45) is 5.10 Å². The predicted octanol–water partition coefficient (Wildman–Crippen LogP) is 1.84. The highest BCUT2D eigenvalue weighted by molar-refractivity contribution is 7.80. The molecular weight excluding hydrogens is 302 g/mol. The Morgan fingerprint density at radius 1 is 1.32 bits per heavy atom. The Labute approximate surface area is 132 Å². The summed E-state index contributed by atoms with van der Waals surface area (Å²) in [6.45, 7) is 0. The molecular formula is C14H13N5O2S. The summed E-state index contributed by atoms with van der Waals surface area (Å²) in [7, 11) is 1.67. The highest BCUT2D eigenvalue weighted by Crippen LogP contribution is 2.16. The summed E-state index contributed by atoms with van der Waals surface area (Å²) in [6, 6.07) is 11.5. The zero-order valence-corrected chi connectivity index (χ0v) is 12.5. The third-order valence-electron chi connectivity index (χ3n) is 2.73. The molecule has 2 aromatic rings. The van der Waals surface area contributed by atoms with E-state index in [4.69, 9.17) is 12.2 Å². The molecule has 0 aliphatic carbocycles. The van der Waals surface area contributed by atoms with E-state index in [0.717, 1.165) is 0 Å². The first kappa shape index (κ1) is 15.5. The lowest BCUT2D eigenvalue weighted by molar-refractivity contribution is -0.384. The van der Waals surface area contributed by atoms with Gasteiger partial charge in [-0.3, -0.25) is 20.5 Å². The first-order valence-electron chi connectivity index (χ1n) is 6.33. The van der Waals surface area contributed by atoms with Crippen LogP contribution < -0.4 is 10.7 Å². The van der Waals surface area contributed by atoms with Gasteiger partial charge in [0.05, 0.1) is 10.6 Å². The molecule has 8 heteroatoms. The van der Waals surface area contributed by atoms with Crippen molar-refractivity contribution < 1.29 is 4.92 Å². The number of benzene rings is 1. The number of nitro groups is 1. The van der Waals surface area contributed by atoms with E-state index in [1.807, 2.05) is 6.07 Å². The largest absolute Gasteiger partial charge is 0.364 e. The van der Waals surface area contributed by atoms with Crippen LogP contribution in [0, 0.1) is 10.1 Å². The Bertz CT molecular complexity index is 718. The fourth-order valence-corrected chi connectivity index (χ4v) is 1.75. The molecule has 0 fully saturated rings. The molecule has 0 aliphatic heterocycles. The number of non-ortho nitro benzene ring substituents is 1. The Morgan fingerprint density at radius 3 is 2.77 bits per heavy atom. The van der Waals surface area contributed by atoms with Crippen LogP contribution in [0.4, 0.5) is 5.69 Å². The quantitative estimate of drug-likeness (QED) is 0.387. The summed E-state index contributed by atoms with van der Waals surface area (Å²) in [6.07, 6.45) is 1.62. The number of hydrogen-bond donors (Lipinski definition) is 2. The van der Waals surface area contributed by atoms with Crippen molar-refractivity contribution in [1.29, 1.82) is 0 Å². The molecule has 112 valence electrons. The zero-order valence-electron chi connectivity index (χ0n) is 11.7. The van der Waals surface area contributed by atoms with Gasteiger partial charge >= 0.3 is 0 Å². The smallest absolute Gasteiger partial charge is 0.270 e. The summed E-state index contributed by atoms with van der Waals surface area (Å²) in [5.74, 6) is 0. The van der Waals surface area contributed by atoms with E-state index in [0.29, 0.717) is 22.1 Å². The Hall–Kier alpha value is -2.87. The Morgan fingerprint density at radius 2 is 2.14 bits per heavy atom. The second-order valence-corrected chi connectivity index (χ2v) is 4.58. The summed E-state index contributed by atoms with van der Waals surface area (Å²) in [4.78, 5) is 14.7. The average Bonchev–Trinajstić information content (AvgIpc) is 2.56. The number of nitrogens with one attached hydrogen (secondary N) is 2. The number of nitrogens with zero attached hydrogens (tertiary/aromatic N) is 3. The number of thiocarbonyl (C=S) groups is 1. The summed E-state index contributed by atoms with van der Waals surface area (Å²) in [5, 5.41) is 18.2. The maximum Gasteiger partial charge on any atom is 0.270 e. The van der Waals surface area contributed by atoms with Crippen LogP contribution in [-0.2, 0) is 0 Å². The highest BCUT2D eigenvalue weighted by atomic mass is 32.1. The van der Waals surface area contributed by atoms with E-state index < -0.39 is 4.92 Å². The number of pyridine rings is 1. The summed E-state index contributed by atoms with van der Waals surface area (Å²) < 4.78 is 0. The fraction of sp³-hybridized carbons (Fsp3) is 0.0714. The first-order chi connectivity index (χ1) is 10.6. The molecule has 0 aliphatic rings. The number of rotatable bonds is 4. The standard InChI is InChI=1S/C14H13N5O2S/c1-15-14(22)18-17-13(12-7-2-3-8-16-12)10-5-4-6-11(9-10)19(20)21/h2-9H,1H3,(H2,15,18,22)/b17-13-. The lowest BCUT2D eigenvalue weighted by Gasteiger charge is -2.08. The van der Waals surface area contributed by atoms with Gasteiger partial charge in [-0.2, -0.15) is 5.10 Å². The molecule has 0 radical (unpaired) electrons. The van der Waals surface area contributed by atoms with Crippen LogP contribution in [0.3, 0.4) is 0 Å². The molecule has 0 atom stereocenters. The van der Waals surface area contributed by atoms with E-state index >= 15 is 0 Å². The van der Waals surface area contributed by atoms with Crippen LogP contribution in [-0.4, -0.2) is 27.8 Å². The van der Waals surface area contributed by atoms with E-state index in [-0.39, 0.29) is 5.69 Å². The Kier molecular flexibility index (Phi) is 5.10. The maximum absolute atomic E-state index is 10.9. The topological polar surface area (TPSA) is 92.5 Å². The maximum atomic E-state index is 10.9. The van der Waals surface area contributed by atoms with Gasteiger partial charge in [-0.15, -0.1) is 0 Å². The van der Waals surface area contributed by atoms with E-state index in [2.05, 4.69) is 20.8 Å². The van der Waals surface area contributed by atoms with Gasteiger partial charge in [0.1, 0.15) is 5.71 Å². The van der Waals surface area contributed by atoms with E-state index in [1.54, 1.807) is 37.5 Å². The normalized spacial score (nSPS) is 10.9. The van der Waals surface area contributed by atoms with Crippen LogP contribution in [0.15, 0.2) is 53.8 Å². The zero-order chi connectivity index (χ0) is 15.9. The SMILES string of the molecule is CNC(=S)N/N=C(/c1cccc([N+](=O)[O-])c1)c1ccccn1. The van der Waals surface area contributed by atoms with Crippen LogP contribution >= 0.6 is 12.2 Å². The van der Waals surface area contributed by atoms with Crippen molar-refractivity contribution in [1.82, 2.24) is 15.7 Å².